The topological polar surface area (TPSA) is 23.5 Å². The molecule has 0 heterocycles. The number of rotatable bonds is 3. The van der Waals surface area contributed by atoms with Crippen LogP contribution in [0.15, 0.2) is 103 Å². The Hall–Kier alpha value is -1.65. The van der Waals surface area contributed by atoms with E-state index in [9.17, 15) is 0 Å². The maximum absolute atomic E-state index is 7.00. The summed E-state index contributed by atoms with van der Waals surface area (Å²) in [5.41, 5.74) is 4.02. The Morgan fingerprint density at radius 2 is 1.28 bits per heavy atom. The zero-order valence-electron chi connectivity index (χ0n) is 18.8. The van der Waals surface area contributed by atoms with Gasteiger partial charge in [0.1, 0.15) is 0 Å². The van der Waals surface area contributed by atoms with Crippen molar-refractivity contribution in [2.75, 3.05) is 27.7 Å². The van der Waals surface area contributed by atoms with E-state index in [2.05, 4.69) is 61.5 Å². The van der Waals surface area contributed by atoms with Gasteiger partial charge in [0.15, 0.2) is 0 Å². The largest absolute Gasteiger partial charge is 2.00 e. The molecule has 1 N–H and O–H groups in total. The Balaban J connectivity index is -0.000000416. The minimum absolute atomic E-state index is 0. The average Bonchev–Trinajstić information content (AvgIpc) is 3.27. The van der Waals surface area contributed by atoms with Gasteiger partial charge in [-0.25, -0.2) is 0 Å². The van der Waals surface area contributed by atoms with Gasteiger partial charge in [0.05, 0.1) is 0 Å². The quantitative estimate of drug-likeness (QED) is 0.380. The van der Waals surface area contributed by atoms with Crippen molar-refractivity contribution in [3.05, 3.63) is 126 Å². The summed E-state index contributed by atoms with van der Waals surface area (Å²) in [5, 5.41) is 7.00. The first-order valence-corrected chi connectivity index (χ1v) is 9.54. The van der Waals surface area contributed by atoms with Gasteiger partial charge in [0, 0.05) is 13.7 Å². The van der Waals surface area contributed by atoms with Crippen molar-refractivity contribution >= 4 is 5.57 Å². The zero-order valence-corrected chi connectivity index (χ0v) is 21.9. The molecular formula is C27H30Cl2NOTi-3. The van der Waals surface area contributed by atoms with E-state index in [4.69, 9.17) is 5.11 Å². The molecule has 1 aliphatic carbocycles. The van der Waals surface area contributed by atoms with Crippen LogP contribution in [0.2, 0.25) is 0 Å². The second-order valence-electron chi connectivity index (χ2n) is 6.32. The zero-order chi connectivity index (χ0) is 21.2. The molecule has 2 nitrogen and oxygen atoms in total. The fourth-order valence-corrected chi connectivity index (χ4v) is 2.52. The number of hydrogen-bond acceptors (Lipinski definition) is 2. The fraction of sp³-hybridized carbons (Fsp3) is 0.185. The molecule has 170 valence electrons. The first-order chi connectivity index (χ1) is 14.3. The van der Waals surface area contributed by atoms with E-state index in [0.717, 1.165) is 20.1 Å². The van der Waals surface area contributed by atoms with Gasteiger partial charge >= 0.3 is 21.7 Å². The summed E-state index contributed by atoms with van der Waals surface area (Å²) in [4.78, 5) is 2.19. The SMILES string of the molecule is CN(C)CC1=CCC(c2[c-]cccc2)=C1.CO.[Cl-].[Cl-].[Ti+2].[c-]1ccccc1.[c-]1ccccc1. The second kappa shape index (κ2) is 24.0. The molecule has 3 aromatic rings. The fourth-order valence-electron chi connectivity index (χ4n) is 2.52. The Bertz CT molecular complexity index is 726. The van der Waals surface area contributed by atoms with E-state index >= 15 is 0 Å². The molecule has 0 amide bonds. The Morgan fingerprint density at radius 1 is 0.781 bits per heavy atom. The van der Waals surface area contributed by atoms with Crippen molar-refractivity contribution in [1.82, 2.24) is 4.90 Å². The number of likely N-dealkylation sites (N-methyl/N-ethyl adjacent to an activating group) is 1. The molecule has 3 aromatic carbocycles. The average molecular weight is 503 g/mol. The smallest absolute Gasteiger partial charge is 1.00 e. The summed E-state index contributed by atoms with van der Waals surface area (Å²) < 4.78 is 0. The summed E-state index contributed by atoms with van der Waals surface area (Å²) in [6.07, 6.45) is 5.63. The molecule has 0 fully saturated rings. The van der Waals surface area contributed by atoms with Crippen LogP contribution in [0.3, 0.4) is 0 Å². The van der Waals surface area contributed by atoms with Crippen molar-refractivity contribution in [2.45, 2.75) is 6.42 Å². The van der Waals surface area contributed by atoms with Crippen LogP contribution in [-0.2, 0) is 21.7 Å². The van der Waals surface area contributed by atoms with Crippen LogP contribution in [0.1, 0.15) is 12.0 Å². The van der Waals surface area contributed by atoms with Crippen LogP contribution in [0.4, 0.5) is 0 Å². The number of benzene rings is 3. The third kappa shape index (κ3) is 17.0. The standard InChI is InChI=1S/C14H16N.2C6H5.CH4O.2ClH.Ti/c1-15(2)11-12-8-9-14(10-12)13-6-4-3-5-7-13;2*1-2-4-6-5-3-1;1-2;;;/h3-6,8,10H,9,11H2,1-2H3;2*1-5H;2H,1H3;2*1H;/q3*-1;;;;+2/p-2. The number of aliphatic hydroxyl groups excluding tert-OH is 1. The van der Waals surface area contributed by atoms with Gasteiger partial charge in [-0.1, -0.05) is 12.2 Å². The van der Waals surface area contributed by atoms with E-state index in [1.807, 2.05) is 72.8 Å². The molecule has 1 aliphatic rings. The number of aliphatic hydroxyl groups is 1. The molecule has 0 atom stereocenters. The monoisotopic (exact) mass is 502 g/mol. The van der Waals surface area contributed by atoms with Gasteiger partial charge < -0.3 is 34.8 Å². The normalized spacial score (nSPS) is 10.4. The maximum Gasteiger partial charge on any atom is 2.00 e. The van der Waals surface area contributed by atoms with Crippen LogP contribution >= 0.6 is 0 Å². The summed E-state index contributed by atoms with van der Waals surface area (Å²) in [7, 11) is 5.20. The Morgan fingerprint density at radius 3 is 1.62 bits per heavy atom. The molecule has 0 unspecified atom stereocenters. The first kappa shape index (κ1) is 35.0. The third-order valence-electron chi connectivity index (χ3n) is 3.71. The van der Waals surface area contributed by atoms with Crippen molar-refractivity contribution < 1.29 is 51.6 Å². The van der Waals surface area contributed by atoms with Crippen molar-refractivity contribution in [3.8, 4) is 0 Å². The molecule has 32 heavy (non-hydrogen) atoms. The summed E-state index contributed by atoms with van der Waals surface area (Å²) in [6, 6.07) is 36.4. The van der Waals surface area contributed by atoms with E-state index in [0.29, 0.717) is 0 Å². The number of halogens is 2. The van der Waals surface area contributed by atoms with Gasteiger partial charge in [-0.15, -0.1) is 41.5 Å². The summed E-state index contributed by atoms with van der Waals surface area (Å²) in [5.74, 6) is 0. The van der Waals surface area contributed by atoms with Crippen molar-refractivity contribution in [3.63, 3.8) is 0 Å². The van der Waals surface area contributed by atoms with E-state index < -0.39 is 0 Å². The van der Waals surface area contributed by atoms with Gasteiger partial charge in [0.2, 0.25) is 0 Å². The number of hydrogen-bond donors (Lipinski definition) is 1. The van der Waals surface area contributed by atoms with E-state index in [1.54, 1.807) is 0 Å². The van der Waals surface area contributed by atoms with Crippen LogP contribution in [0, 0.1) is 18.2 Å². The molecule has 4 rings (SSSR count). The van der Waals surface area contributed by atoms with Crippen molar-refractivity contribution in [1.29, 1.82) is 0 Å². The predicted octanol–water partition coefficient (Wildman–Crippen LogP) is -0.651. The minimum Gasteiger partial charge on any atom is -1.00 e. The molecule has 0 radical (unpaired) electrons. The van der Waals surface area contributed by atoms with Gasteiger partial charge in [-0.2, -0.15) is 72.8 Å². The minimum atomic E-state index is 0. The van der Waals surface area contributed by atoms with Crippen LogP contribution in [0.25, 0.3) is 5.57 Å². The van der Waals surface area contributed by atoms with E-state index in [1.165, 1.54) is 16.7 Å². The summed E-state index contributed by atoms with van der Waals surface area (Å²) in [6.45, 7) is 1.02. The van der Waals surface area contributed by atoms with E-state index in [-0.39, 0.29) is 46.5 Å². The maximum atomic E-state index is 7.00. The number of nitrogens with zero attached hydrogens (tertiary/aromatic N) is 1. The van der Waals surface area contributed by atoms with Crippen LogP contribution in [-0.4, -0.2) is 37.8 Å². The molecule has 0 bridgehead atoms. The Labute approximate surface area is 221 Å². The molecule has 5 heteroatoms. The first-order valence-electron chi connectivity index (χ1n) is 9.54. The molecule has 0 aliphatic heterocycles. The molecule has 0 spiro atoms. The van der Waals surface area contributed by atoms with Gasteiger partial charge in [-0.05, 0) is 26.1 Å². The second-order valence-corrected chi connectivity index (χ2v) is 6.32. The molecule has 0 aromatic heterocycles. The van der Waals surface area contributed by atoms with Crippen molar-refractivity contribution in [2.24, 2.45) is 0 Å². The third-order valence-corrected chi connectivity index (χ3v) is 3.71. The van der Waals surface area contributed by atoms with Gasteiger partial charge in [0.25, 0.3) is 0 Å². The molecule has 0 saturated carbocycles. The Kier molecular flexibility index (Phi) is 26.2. The molecule has 0 saturated heterocycles. The van der Waals surface area contributed by atoms with Crippen LogP contribution in [0.5, 0.6) is 0 Å². The van der Waals surface area contributed by atoms with Gasteiger partial charge in [-0.3, -0.25) is 0 Å². The van der Waals surface area contributed by atoms with Crippen LogP contribution < -0.4 is 24.8 Å². The number of allylic oxidation sites excluding steroid dienone is 2. The molecular weight excluding hydrogens is 473 g/mol. The predicted molar refractivity (Wildman–Crippen MR) is 123 cm³/mol. The summed E-state index contributed by atoms with van der Waals surface area (Å²) >= 11 is 0.